The van der Waals surface area contributed by atoms with Crippen LogP contribution in [0.3, 0.4) is 0 Å². The lowest BCUT2D eigenvalue weighted by molar-refractivity contribution is -0.152. The first-order valence-corrected chi connectivity index (χ1v) is 9.24. The maximum Gasteiger partial charge on any atom is 0.323 e. The van der Waals surface area contributed by atoms with Gasteiger partial charge >= 0.3 is 14.1 Å². The summed E-state index contributed by atoms with van der Waals surface area (Å²) < 4.78 is 87.4. The Kier molecular flexibility index (Phi) is 7.00. The Morgan fingerprint density at radius 1 is 1.00 bits per heavy atom. The van der Waals surface area contributed by atoms with E-state index in [4.69, 9.17) is 4.74 Å². The Morgan fingerprint density at radius 2 is 1.50 bits per heavy atom. The van der Waals surface area contributed by atoms with Crippen LogP contribution in [-0.4, -0.2) is 18.1 Å². The number of halogens is 5. The zero-order valence-corrected chi connectivity index (χ0v) is 14.7. The summed E-state index contributed by atoms with van der Waals surface area (Å²) in [6.45, 7) is 1.27. The summed E-state index contributed by atoms with van der Waals surface area (Å²) in [7, 11) is -3.55. The number of ether oxygens (including phenoxy) is 1. The number of carbonyl (C=O) groups is 1. The molecule has 2 atom stereocenters. The lowest BCUT2D eigenvalue weighted by Crippen LogP contribution is -2.35. The van der Waals surface area contributed by atoms with E-state index in [1.54, 1.807) is 0 Å². The average molecular weight is 401 g/mol. The van der Waals surface area contributed by atoms with Gasteiger partial charge in [0.15, 0.2) is 0 Å². The molecular formula is C15H17F5NO4P. The van der Waals surface area contributed by atoms with Crippen LogP contribution in [0.15, 0.2) is 0 Å². The molecule has 146 valence electrons. The van der Waals surface area contributed by atoms with Crippen LogP contribution in [0.2, 0.25) is 0 Å². The van der Waals surface area contributed by atoms with E-state index in [9.17, 15) is 31.3 Å². The summed E-state index contributed by atoms with van der Waals surface area (Å²) in [5.41, 5.74) is 0. The molecule has 0 spiro atoms. The molecular weight excluding hydrogens is 384 g/mol. The van der Waals surface area contributed by atoms with Crippen LogP contribution >= 0.6 is 8.18 Å². The first kappa shape index (κ1) is 20.6. The predicted octanol–water partition coefficient (Wildman–Crippen LogP) is 4.00. The summed E-state index contributed by atoms with van der Waals surface area (Å²) in [6, 6.07) is -1.16. The maximum atomic E-state index is 13.5. The topological polar surface area (TPSA) is 64.6 Å². The Hall–Kier alpha value is -1.67. The molecule has 26 heavy (non-hydrogen) atoms. The molecule has 1 N–H and O–H groups in total. The van der Waals surface area contributed by atoms with Gasteiger partial charge < -0.3 is 9.26 Å². The normalized spacial score (nSPS) is 17.6. The Morgan fingerprint density at radius 3 is 2.04 bits per heavy atom. The molecule has 0 amide bonds. The highest BCUT2D eigenvalue weighted by Crippen LogP contribution is 2.34. The van der Waals surface area contributed by atoms with Crippen LogP contribution in [0.25, 0.3) is 0 Å². The molecule has 0 aromatic heterocycles. The van der Waals surface area contributed by atoms with Crippen LogP contribution in [0, 0.1) is 29.1 Å². The highest BCUT2D eigenvalue weighted by molar-refractivity contribution is 7.37. The van der Waals surface area contributed by atoms with Gasteiger partial charge in [0.1, 0.15) is 12.1 Å². The largest absolute Gasteiger partial charge is 0.461 e. The molecule has 1 fully saturated rings. The van der Waals surface area contributed by atoms with Gasteiger partial charge in [0, 0.05) is 0 Å². The minimum atomic E-state index is -3.55. The predicted molar refractivity (Wildman–Crippen MR) is 81.4 cm³/mol. The van der Waals surface area contributed by atoms with Crippen LogP contribution < -0.4 is 9.61 Å². The van der Waals surface area contributed by atoms with Gasteiger partial charge in [0.05, 0.1) is 0 Å². The minimum absolute atomic E-state index is 0.265. The number of esters is 1. The smallest absolute Gasteiger partial charge is 0.323 e. The third-order valence-electron chi connectivity index (χ3n) is 3.89. The molecule has 1 saturated carbocycles. The first-order chi connectivity index (χ1) is 12.2. The van der Waals surface area contributed by atoms with E-state index in [2.05, 4.69) is 9.61 Å². The summed E-state index contributed by atoms with van der Waals surface area (Å²) in [5, 5.41) is 2.10. The minimum Gasteiger partial charge on any atom is -0.461 e. The van der Waals surface area contributed by atoms with Crippen molar-refractivity contribution < 1.29 is 40.6 Å². The fraction of sp³-hybridized carbons (Fsp3) is 0.533. The molecule has 5 nitrogen and oxygen atoms in total. The van der Waals surface area contributed by atoms with Crippen LogP contribution in [-0.2, 0) is 14.1 Å². The monoisotopic (exact) mass is 401 g/mol. The summed E-state index contributed by atoms with van der Waals surface area (Å²) in [5.74, 6) is -13.7. The summed E-state index contributed by atoms with van der Waals surface area (Å²) in [6.07, 6.45) is 4.02. The van der Waals surface area contributed by atoms with E-state index >= 15 is 0 Å². The van der Waals surface area contributed by atoms with Crippen molar-refractivity contribution in [1.82, 2.24) is 5.09 Å². The molecule has 1 aromatic rings. The molecule has 0 bridgehead atoms. The second kappa shape index (κ2) is 8.81. The third-order valence-corrected chi connectivity index (χ3v) is 4.95. The van der Waals surface area contributed by atoms with Crippen LogP contribution in [0.4, 0.5) is 22.0 Å². The zero-order chi connectivity index (χ0) is 19.4. The number of benzene rings is 1. The molecule has 1 aliphatic carbocycles. The quantitative estimate of drug-likeness (QED) is 0.257. The van der Waals surface area contributed by atoms with Gasteiger partial charge in [-0.25, -0.2) is 18.3 Å². The molecule has 2 rings (SSSR count). The third kappa shape index (κ3) is 4.73. The van der Waals surface area contributed by atoms with Crippen molar-refractivity contribution in [2.75, 3.05) is 0 Å². The molecule has 11 heteroatoms. The zero-order valence-electron chi connectivity index (χ0n) is 13.7. The van der Waals surface area contributed by atoms with Gasteiger partial charge in [-0.3, -0.25) is 9.36 Å². The molecule has 0 saturated heterocycles. The van der Waals surface area contributed by atoms with Gasteiger partial charge in [0.25, 0.3) is 0 Å². The number of hydrogen-bond acceptors (Lipinski definition) is 4. The van der Waals surface area contributed by atoms with E-state index in [0.29, 0.717) is 12.8 Å². The van der Waals surface area contributed by atoms with Crippen molar-refractivity contribution >= 4 is 14.1 Å². The van der Waals surface area contributed by atoms with Gasteiger partial charge in [0.2, 0.25) is 34.8 Å². The van der Waals surface area contributed by atoms with Crippen LogP contribution in [0.1, 0.15) is 39.0 Å². The van der Waals surface area contributed by atoms with Gasteiger partial charge in [-0.05, 0) is 32.6 Å². The fourth-order valence-electron chi connectivity index (χ4n) is 2.48. The van der Waals surface area contributed by atoms with Crippen molar-refractivity contribution in [1.29, 1.82) is 0 Å². The molecule has 0 heterocycles. The lowest BCUT2D eigenvalue weighted by Gasteiger charge is -2.23. The van der Waals surface area contributed by atoms with Crippen molar-refractivity contribution in [3.63, 3.8) is 0 Å². The van der Waals surface area contributed by atoms with E-state index in [1.165, 1.54) is 6.92 Å². The van der Waals surface area contributed by atoms with Crippen molar-refractivity contribution in [3.05, 3.63) is 29.1 Å². The Balaban J connectivity index is 1.99. The second-order valence-corrected chi connectivity index (χ2v) is 6.92. The van der Waals surface area contributed by atoms with E-state index in [0.717, 1.165) is 19.3 Å². The van der Waals surface area contributed by atoms with Crippen molar-refractivity contribution in [3.8, 4) is 5.75 Å². The summed E-state index contributed by atoms with van der Waals surface area (Å²) >= 11 is 0. The molecule has 1 unspecified atom stereocenters. The fourth-order valence-corrected chi connectivity index (χ4v) is 3.38. The number of hydrogen-bond donors (Lipinski definition) is 1. The highest BCUT2D eigenvalue weighted by Gasteiger charge is 2.29. The molecule has 1 aliphatic rings. The SMILES string of the molecule is C[C@H](N[PH](=O)Oc1c(F)c(F)c(F)c(F)c1F)C(=O)OC1CCCCC1. The number of carbonyl (C=O) groups excluding carboxylic acids is 1. The Labute approximate surface area is 146 Å². The van der Waals surface area contributed by atoms with E-state index in [-0.39, 0.29) is 6.10 Å². The van der Waals surface area contributed by atoms with Gasteiger partial charge in [-0.1, -0.05) is 6.42 Å². The van der Waals surface area contributed by atoms with Crippen LogP contribution in [0.5, 0.6) is 5.75 Å². The van der Waals surface area contributed by atoms with Crippen molar-refractivity contribution in [2.24, 2.45) is 0 Å². The molecule has 1 aromatic carbocycles. The standard InChI is InChI=1S/C15H17F5NO4P/c1-7(15(22)24-8-5-3-2-4-6-8)21-26(23)25-14-12(19)10(17)9(16)11(18)13(14)20/h7-8,26H,2-6H2,1H3,(H,21,23)/t7-/m0/s1. The van der Waals surface area contributed by atoms with E-state index in [1.807, 2.05) is 0 Å². The van der Waals surface area contributed by atoms with Crippen molar-refractivity contribution in [2.45, 2.75) is 51.2 Å². The van der Waals surface area contributed by atoms with Gasteiger partial charge in [-0.2, -0.15) is 8.78 Å². The van der Waals surface area contributed by atoms with Gasteiger partial charge in [-0.15, -0.1) is 0 Å². The number of rotatable bonds is 6. The summed E-state index contributed by atoms with van der Waals surface area (Å²) in [4.78, 5) is 11.9. The molecule has 0 aliphatic heterocycles. The first-order valence-electron chi connectivity index (χ1n) is 7.92. The maximum absolute atomic E-state index is 13.5. The Bertz CT molecular complexity index is 683. The molecule has 0 radical (unpaired) electrons. The van der Waals surface area contributed by atoms with E-state index < -0.39 is 55.0 Å². The number of nitrogens with one attached hydrogen (secondary N) is 1. The average Bonchev–Trinajstić information content (AvgIpc) is 2.62. The lowest BCUT2D eigenvalue weighted by atomic mass is 9.98. The highest BCUT2D eigenvalue weighted by atomic mass is 31.1. The second-order valence-electron chi connectivity index (χ2n) is 5.85.